The zero-order valence-electron chi connectivity index (χ0n) is 10.3. The number of pyridine rings is 1. The van der Waals surface area contributed by atoms with Crippen molar-refractivity contribution in [2.45, 2.75) is 0 Å². The maximum atomic E-state index is 10.7. The summed E-state index contributed by atoms with van der Waals surface area (Å²) in [6, 6.07) is 2.68. The first-order chi connectivity index (χ1) is 7.90. The Balaban J connectivity index is 2.86. The number of anilines is 2. The Bertz CT molecular complexity index is 408. The van der Waals surface area contributed by atoms with Crippen LogP contribution in [0.25, 0.3) is 0 Å². The molecule has 1 rings (SSSR count). The molecule has 0 spiro atoms. The van der Waals surface area contributed by atoms with Crippen LogP contribution in [0.4, 0.5) is 17.3 Å². The summed E-state index contributed by atoms with van der Waals surface area (Å²) < 4.78 is 0. The number of rotatable bonds is 5. The van der Waals surface area contributed by atoms with Gasteiger partial charge in [0.1, 0.15) is 11.6 Å². The van der Waals surface area contributed by atoms with E-state index in [1.54, 1.807) is 0 Å². The SMILES string of the molecule is CN(C)CCN(C)c1cc([N+](=O)[O-])cc(N)n1. The van der Waals surface area contributed by atoms with Crippen LogP contribution in [0.2, 0.25) is 0 Å². The lowest BCUT2D eigenvalue weighted by Crippen LogP contribution is -2.29. The second-order valence-corrected chi connectivity index (χ2v) is 4.09. The molecule has 94 valence electrons. The first kappa shape index (κ1) is 13.2. The van der Waals surface area contributed by atoms with Crippen molar-refractivity contribution in [2.24, 2.45) is 0 Å². The number of nitro groups is 1. The Kier molecular flexibility index (Phi) is 4.22. The standard InChI is InChI=1S/C10H17N5O2/c1-13(2)4-5-14(3)10-7-8(15(16)17)6-9(11)12-10/h6-7H,4-5H2,1-3H3,(H2,11,12). The molecule has 0 saturated heterocycles. The van der Waals surface area contributed by atoms with Crippen molar-refractivity contribution in [3.8, 4) is 0 Å². The summed E-state index contributed by atoms with van der Waals surface area (Å²) in [7, 11) is 5.75. The molecule has 0 aliphatic heterocycles. The molecule has 0 aliphatic carbocycles. The minimum atomic E-state index is -0.471. The van der Waals surface area contributed by atoms with Crippen LogP contribution in [0.3, 0.4) is 0 Å². The lowest BCUT2D eigenvalue weighted by Gasteiger charge is -2.20. The van der Waals surface area contributed by atoms with Crippen molar-refractivity contribution in [3.63, 3.8) is 0 Å². The molecule has 0 fully saturated rings. The molecule has 0 saturated carbocycles. The largest absolute Gasteiger partial charge is 0.383 e. The molecule has 0 radical (unpaired) electrons. The van der Waals surface area contributed by atoms with Gasteiger partial charge >= 0.3 is 0 Å². The maximum absolute atomic E-state index is 10.7. The van der Waals surface area contributed by atoms with Gasteiger partial charge in [-0.15, -0.1) is 0 Å². The van der Waals surface area contributed by atoms with Crippen LogP contribution >= 0.6 is 0 Å². The summed E-state index contributed by atoms with van der Waals surface area (Å²) in [5, 5.41) is 10.7. The lowest BCUT2D eigenvalue weighted by molar-refractivity contribution is -0.384. The van der Waals surface area contributed by atoms with Crippen LogP contribution in [0.1, 0.15) is 0 Å². The van der Waals surface area contributed by atoms with Crippen molar-refractivity contribution in [1.82, 2.24) is 9.88 Å². The molecule has 1 aromatic rings. The molecule has 0 bridgehead atoms. The number of nitrogens with two attached hydrogens (primary N) is 1. The van der Waals surface area contributed by atoms with Crippen LogP contribution in [-0.4, -0.2) is 49.0 Å². The monoisotopic (exact) mass is 239 g/mol. The highest BCUT2D eigenvalue weighted by molar-refractivity contribution is 5.53. The van der Waals surface area contributed by atoms with E-state index in [9.17, 15) is 10.1 Å². The summed E-state index contributed by atoms with van der Waals surface area (Å²) in [4.78, 5) is 18.2. The van der Waals surface area contributed by atoms with Gasteiger partial charge in [-0.05, 0) is 14.1 Å². The van der Waals surface area contributed by atoms with Gasteiger partial charge < -0.3 is 15.5 Å². The van der Waals surface area contributed by atoms with E-state index >= 15 is 0 Å². The zero-order chi connectivity index (χ0) is 13.0. The van der Waals surface area contributed by atoms with Crippen molar-refractivity contribution < 1.29 is 4.92 Å². The van der Waals surface area contributed by atoms with E-state index < -0.39 is 4.92 Å². The molecule has 0 atom stereocenters. The van der Waals surface area contributed by atoms with Crippen LogP contribution in [0.15, 0.2) is 12.1 Å². The minimum Gasteiger partial charge on any atom is -0.383 e. The molecule has 0 unspecified atom stereocenters. The number of likely N-dealkylation sites (N-methyl/N-ethyl adjacent to an activating group) is 2. The van der Waals surface area contributed by atoms with E-state index in [-0.39, 0.29) is 11.5 Å². The first-order valence-electron chi connectivity index (χ1n) is 5.18. The Labute approximate surface area is 100.0 Å². The Hall–Kier alpha value is -1.89. The highest BCUT2D eigenvalue weighted by atomic mass is 16.6. The molecule has 1 aromatic heterocycles. The predicted octanol–water partition coefficient (Wildman–Crippen LogP) is 0.570. The molecular formula is C10H17N5O2. The summed E-state index contributed by atoms with van der Waals surface area (Å²) >= 11 is 0. The van der Waals surface area contributed by atoms with E-state index in [0.29, 0.717) is 5.82 Å². The van der Waals surface area contributed by atoms with Crippen molar-refractivity contribution in [1.29, 1.82) is 0 Å². The molecular weight excluding hydrogens is 222 g/mol. The molecule has 1 heterocycles. The van der Waals surface area contributed by atoms with Gasteiger partial charge in [0.25, 0.3) is 5.69 Å². The van der Waals surface area contributed by atoms with Crippen molar-refractivity contribution in [2.75, 3.05) is 44.9 Å². The van der Waals surface area contributed by atoms with Crippen LogP contribution < -0.4 is 10.6 Å². The van der Waals surface area contributed by atoms with Gasteiger partial charge in [-0.25, -0.2) is 4.98 Å². The van der Waals surface area contributed by atoms with Gasteiger partial charge in [0.2, 0.25) is 0 Å². The number of hydrogen-bond acceptors (Lipinski definition) is 6. The molecule has 17 heavy (non-hydrogen) atoms. The fraction of sp³-hybridized carbons (Fsp3) is 0.500. The number of hydrogen-bond donors (Lipinski definition) is 1. The minimum absolute atomic E-state index is 0.0378. The van der Waals surface area contributed by atoms with Gasteiger partial charge in [0, 0.05) is 20.1 Å². The molecule has 0 amide bonds. The molecule has 0 aromatic carbocycles. The van der Waals surface area contributed by atoms with E-state index in [0.717, 1.165) is 13.1 Å². The van der Waals surface area contributed by atoms with E-state index in [4.69, 9.17) is 5.73 Å². The average molecular weight is 239 g/mol. The quantitative estimate of drug-likeness (QED) is 0.597. The van der Waals surface area contributed by atoms with E-state index in [2.05, 4.69) is 4.98 Å². The Morgan fingerprint density at radius 1 is 1.35 bits per heavy atom. The second-order valence-electron chi connectivity index (χ2n) is 4.09. The smallest absolute Gasteiger partial charge is 0.276 e. The maximum Gasteiger partial charge on any atom is 0.276 e. The van der Waals surface area contributed by atoms with Gasteiger partial charge in [0.05, 0.1) is 17.1 Å². The number of aromatic nitrogens is 1. The topological polar surface area (TPSA) is 88.5 Å². The predicted molar refractivity (Wildman–Crippen MR) is 67.1 cm³/mol. The molecule has 0 aliphatic rings. The first-order valence-corrected chi connectivity index (χ1v) is 5.18. The summed E-state index contributed by atoms with van der Waals surface area (Å²) in [5.74, 6) is 0.671. The third kappa shape index (κ3) is 3.87. The highest BCUT2D eigenvalue weighted by Crippen LogP contribution is 2.20. The third-order valence-corrected chi connectivity index (χ3v) is 2.30. The van der Waals surface area contributed by atoms with Gasteiger partial charge in [-0.1, -0.05) is 0 Å². The second kappa shape index (κ2) is 5.44. The number of nitrogen functional groups attached to an aromatic ring is 1. The van der Waals surface area contributed by atoms with Gasteiger partial charge in [-0.2, -0.15) is 0 Å². The summed E-state index contributed by atoms with van der Waals surface area (Å²) in [5.41, 5.74) is 5.50. The molecule has 7 nitrogen and oxygen atoms in total. The lowest BCUT2D eigenvalue weighted by atomic mass is 10.3. The van der Waals surface area contributed by atoms with E-state index in [1.807, 2.05) is 30.9 Å². The fourth-order valence-corrected chi connectivity index (χ4v) is 1.29. The number of nitrogens with zero attached hydrogens (tertiary/aromatic N) is 4. The van der Waals surface area contributed by atoms with Gasteiger partial charge in [0.15, 0.2) is 0 Å². The summed E-state index contributed by atoms with van der Waals surface area (Å²) in [6.07, 6.45) is 0. The van der Waals surface area contributed by atoms with Crippen LogP contribution in [0, 0.1) is 10.1 Å². The average Bonchev–Trinajstić information content (AvgIpc) is 2.24. The Morgan fingerprint density at radius 3 is 2.53 bits per heavy atom. The fourth-order valence-electron chi connectivity index (χ4n) is 1.29. The summed E-state index contributed by atoms with van der Waals surface area (Å²) in [6.45, 7) is 1.56. The molecule has 7 heteroatoms. The third-order valence-electron chi connectivity index (χ3n) is 2.30. The van der Waals surface area contributed by atoms with Crippen molar-refractivity contribution in [3.05, 3.63) is 22.2 Å². The Morgan fingerprint density at radius 2 is 2.00 bits per heavy atom. The highest BCUT2D eigenvalue weighted by Gasteiger charge is 2.12. The van der Waals surface area contributed by atoms with E-state index in [1.165, 1.54) is 12.1 Å². The van der Waals surface area contributed by atoms with Crippen LogP contribution in [-0.2, 0) is 0 Å². The zero-order valence-corrected chi connectivity index (χ0v) is 10.3. The van der Waals surface area contributed by atoms with Gasteiger partial charge in [-0.3, -0.25) is 10.1 Å². The molecule has 2 N–H and O–H groups in total. The normalized spacial score (nSPS) is 10.6. The van der Waals surface area contributed by atoms with Crippen LogP contribution in [0.5, 0.6) is 0 Å². The van der Waals surface area contributed by atoms with Crippen molar-refractivity contribution >= 4 is 17.3 Å².